The second kappa shape index (κ2) is 34.0. The molecule has 5 fully saturated rings. The van der Waals surface area contributed by atoms with Crippen LogP contribution in [-0.4, -0.2) is 238 Å². The fourth-order valence-electron chi connectivity index (χ4n) is 10.3. The number of halogens is 4. The van der Waals surface area contributed by atoms with Crippen molar-refractivity contribution in [2.24, 2.45) is 0 Å². The number of phosphoric acid groups is 4. The normalized spacial score (nSPS) is 31.0. The van der Waals surface area contributed by atoms with Crippen LogP contribution < -0.4 is 34.1 Å². The van der Waals surface area contributed by atoms with Gasteiger partial charge in [-0.3, -0.25) is 52.1 Å². The third kappa shape index (κ3) is 20.0. The minimum absolute atomic E-state index is 0. The van der Waals surface area contributed by atoms with Crippen LogP contribution >= 0.6 is 71.7 Å². The number of aliphatic hydroxyl groups is 2. The summed E-state index contributed by atoms with van der Waals surface area (Å²) in [6.45, 7) is -6.89. The Bertz CT molecular complexity index is 5040. The van der Waals surface area contributed by atoms with E-state index in [0.29, 0.717) is 0 Å². The summed E-state index contributed by atoms with van der Waals surface area (Å²) >= 11 is 18.5. The molecule has 13 rings (SSSR count). The largest absolute Gasteiger partial charge is 0.532 e. The Morgan fingerprint density at radius 1 is 0.593 bits per heavy atom. The van der Waals surface area contributed by atoms with E-state index in [1.54, 1.807) is 0 Å². The first-order valence-electron chi connectivity index (χ1n) is 28.4. The smallest absolute Gasteiger partial charge is 0.412 e. The minimum Gasteiger partial charge on any atom is -0.412 e. The van der Waals surface area contributed by atoms with Crippen molar-refractivity contribution in [1.29, 1.82) is 0 Å². The highest BCUT2D eigenvalue weighted by molar-refractivity contribution is 8.47. The summed E-state index contributed by atoms with van der Waals surface area (Å²) in [6.07, 6.45) is -19.0. The van der Waals surface area contributed by atoms with E-state index >= 15 is 8.78 Å². The van der Waals surface area contributed by atoms with Crippen LogP contribution in [0.1, 0.15) is 24.9 Å². The van der Waals surface area contributed by atoms with Gasteiger partial charge in [0.1, 0.15) is 86.2 Å². The molecule has 0 saturated carbocycles. The Morgan fingerprint density at radius 2 is 1.03 bits per heavy atom. The van der Waals surface area contributed by atoms with Gasteiger partial charge in [0.15, 0.2) is 101 Å². The highest BCUT2D eigenvalue weighted by Crippen LogP contribution is 2.66. The van der Waals surface area contributed by atoms with E-state index in [1.165, 1.54) is 26.4 Å². The van der Waals surface area contributed by atoms with Crippen molar-refractivity contribution < 1.29 is 159 Å². The van der Waals surface area contributed by atoms with Crippen LogP contribution in [0, 0.1) is 0 Å². The van der Waals surface area contributed by atoms with Crippen LogP contribution in [0.25, 0.3) is 44.7 Å². The van der Waals surface area contributed by atoms with E-state index in [-0.39, 0.29) is 79.1 Å². The lowest BCUT2D eigenvalue weighted by molar-refractivity contribution is -0.0603. The molecule has 0 aliphatic carbocycles. The summed E-state index contributed by atoms with van der Waals surface area (Å²) in [5, 5.41) is 20.3. The summed E-state index contributed by atoms with van der Waals surface area (Å²) in [7, 11) is -30.7. The highest BCUT2D eigenvalue weighted by atomic mass is 32.7. The summed E-state index contributed by atoms with van der Waals surface area (Å²) in [6, 6.07) is 0. The number of hydrogen-bond acceptors (Lipinski definition) is 41. The molecular formula is C40H55F4N20O32P8S4+3. The topological polar surface area (TPSA) is 781 Å². The summed E-state index contributed by atoms with van der Waals surface area (Å²) < 4.78 is 180. The zero-order valence-corrected chi connectivity index (χ0v) is 63.0. The summed E-state index contributed by atoms with van der Waals surface area (Å²) in [4.78, 5) is 143. The number of nitrogens with one attached hydrogen (secondary N) is 2. The summed E-state index contributed by atoms with van der Waals surface area (Å²) in [5.41, 5.74) is 21.6. The van der Waals surface area contributed by atoms with Gasteiger partial charge in [0, 0.05) is 0 Å². The molecule has 13 heterocycles. The van der Waals surface area contributed by atoms with Crippen molar-refractivity contribution in [3.63, 3.8) is 0 Å². The van der Waals surface area contributed by atoms with Gasteiger partial charge in [-0.2, -0.15) is 32.5 Å². The number of H-pyrrole nitrogens is 2. The van der Waals surface area contributed by atoms with Gasteiger partial charge in [-0.25, -0.2) is 75.7 Å². The van der Waals surface area contributed by atoms with Gasteiger partial charge in [-0.1, -0.05) is 0 Å². The highest BCUT2D eigenvalue weighted by Gasteiger charge is 2.59. The lowest BCUT2D eigenvalue weighted by atomic mass is 10.1. The molecule has 596 valence electrons. The lowest BCUT2D eigenvalue weighted by Crippen LogP contribution is -2.34. The van der Waals surface area contributed by atoms with Gasteiger partial charge in [-0.05, 0) is 20.4 Å². The number of hydrogen-bond donors (Lipinski definition) is 17. The van der Waals surface area contributed by atoms with Crippen molar-refractivity contribution in [3.8, 4) is 0 Å². The standard InChI is InChI=1S/C20H22F2N10O9P2S2.C10H13FN5O11P3S.C10H13FN5O10P3S.2H2O/c21-8-6-1-36-42(34,44)40-12-7(39-18(9(12)22)31-4-27-10-14(23)25-3-26-15(10)31)2-37-43(35,45)41-13(8)19(38-6)32-5-28-11-16(32)29-20(24)30-17(11)33;11-4-3(1-24-28(31)26-30(22,23)27-29(19,20)21)25-9(6(4)17)16-2-13-5-7(16)14-10(12)15-8(5)18;11-5-7(17)4(1-23-27(30)25-29(21,22)26-28(18,19)20)24-10(5)16-3-15-6-8(12)13-2-14-9(6)16;;/h3-9,12-13,18-19,35,45H,1-2H2,(H5-,23,24,25,26,29,30,33,34,44);2-4,6,9,17H,1H2,(H5-,12,14,15,18,19,20,21,22,23);2-5,7,10,17H,1H2,(H4-,12,13,14,18,19,20,21,22);2*1H2/p+3/t6-,7-,8?,9+,12?,13+,18-,19-,42?,43?;3-,4?,6+,9-;4-,5+,7?,10-;;/m111../s1. The molecule has 5 saturated heterocycles. The molecule has 10 unspecified atom stereocenters. The maximum atomic E-state index is 16.0. The zero-order chi connectivity index (χ0) is 77.2. The Hall–Kier alpha value is -4.93. The first kappa shape index (κ1) is 87.0. The molecular weight excluding hydrogens is 1720 g/mol. The van der Waals surface area contributed by atoms with Gasteiger partial charge in [0.25, 0.3) is 11.1 Å². The Kier molecular flexibility index (Phi) is 27.4. The molecule has 2 bridgehead atoms. The average Bonchev–Trinajstić information content (AvgIpc) is 1.94. The van der Waals surface area contributed by atoms with Crippen LogP contribution in [0.15, 0.2) is 47.6 Å². The number of nitrogen functional groups attached to an aromatic ring is 4. The first-order chi connectivity index (χ1) is 49.5. The number of nitrogens with two attached hydrogens (primary N) is 4. The molecule has 22 atom stereocenters. The van der Waals surface area contributed by atoms with E-state index in [9.17, 15) is 66.4 Å². The van der Waals surface area contributed by atoms with Gasteiger partial charge >= 0.3 is 59.5 Å². The van der Waals surface area contributed by atoms with Crippen LogP contribution in [0.3, 0.4) is 0 Å². The fraction of sp³-hybridized carbons (Fsp3) is 0.500. The monoisotopic (exact) mass is 1780 g/mol. The molecule has 8 aromatic heterocycles. The molecule has 0 radical (unpaired) electrons. The first-order valence-corrected chi connectivity index (χ1v) is 44.2. The third-order valence-electron chi connectivity index (χ3n) is 14.7. The molecule has 0 spiro atoms. The predicted octanol–water partition coefficient (Wildman–Crippen LogP) is -2.08. The quantitative estimate of drug-likeness (QED) is 0.0249. The third-order valence-corrected chi connectivity index (χ3v) is 26.5. The van der Waals surface area contributed by atoms with Gasteiger partial charge in [-0.15, -0.1) is 9.05 Å². The lowest BCUT2D eigenvalue weighted by Gasteiger charge is -2.25. The number of ether oxygens (including phenoxy) is 4. The Labute approximate surface area is 616 Å². The molecule has 108 heavy (non-hydrogen) atoms. The second-order valence-electron chi connectivity index (χ2n) is 21.7. The fourth-order valence-corrected chi connectivity index (χ4v) is 20.3. The maximum Gasteiger partial charge on any atom is 0.532 e. The average molecular weight is 1780 g/mol. The van der Waals surface area contributed by atoms with Gasteiger partial charge in [0.05, 0.1) is 44.2 Å². The molecule has 0 aromatic carbocycles. The Morgan fingerprint density at radius 3 is 1.52 bits per heavy atom. The second-order valence-corrected chi connectivity index (χ2v) is 37.1. The number of anilines is 4. The van der Waals surface area contributed by atoms with E-state index in [4.69, 9.17) is 100 Å². The molecule has 0 amide bonds. The van der Waals surface area contributed by atoms with Gasteiger partial charge < -0.3 is 92.0 Å². The number of aromatic nitrogens is 16. The van der Waals surface area contributed by atoms with Crippen LogP contribution in [-0.2, 0) is 117 Å². The number of alkyl halides is 4. The van der Waals surface area contributed by atoms with Crippen molar-refractivity contribution in [2.75, 3.05) is 49.4 Å². The number of rotatable bonds is 18. The number of aromatic amines is 2. The van der Waals surface area contributed by atoms with E-state index < -0.39 is 195 Å². The van der Waals surface area contributed by atoms with E-state index in [0.717, 1.165) is 29.9 Å². The van der Waals surface area contributed by atoms with Crippen molar-refractivity contribution in [1.82, 2.24) is 78.1 Å². The van der Waals surface area contributed by atoms with Crippen LogP contribution in [0.5, 0.6) is 0 Å². The number of imidazole rings is 4. The molecule has 5 aliphatic heterocycles. The minimum atomic E-state index is -5.36. The number of aliphatic hydroxyl groups excluding tert-OH is 2. The molecule has 24 N–H and O–H groups in total. The SMILES string of the molecule is Nc1nc2c(ncn2[C@@H]2O[C@@H]3COP(O)(=S)OC4[C@@H](CO[P+](O)(S)O[C@H]2C3F)O[C@@H](n2cnc3c(N)ncnc32)[C@H]4F)c(=O)[nH]1.Nc1nc2c(ncn2[C@@H]2O[C@H](CO[P+](=S)OP(=O)(O)OP(=O)(O)O)C(F)[C@@H]2O)c(=O)[nH]1.Nc1ncnc2c1ncn2[C@@H]1O[C@H](CO[P+](=S)OP(=O)(O)OP(=O)(O)O)C(O)[C@@H]1F.O.O. The Balaban J connectivity index is 0.000000191. The molecule has 68 heteroatoms. The van der Waals surface area contributed by atoms with Gasteiger partial charge in [0.2, 0.25) is 35.5 Å². The van der Waals surface area contributed by atoms with Crippen LogP contribution in [0.4, 0.5) is 41.1 Å². The van der Waals surface area contributed by atoms with Crippen molar-refractivity contribution in [2.45, 2.75) is 98.4 Å². The molecule has 8 aromatic rings. The number of fused-ring (bicyclic) bond motifs is 7. The summed E-state index contributed by atoms with van der Waals surface area (Å²) in [5.74, 6) is -0.388. The van der Waals surface area contributed by atoms with E-state index in [2.05, 4.69) is 113 Å². The zero-order valence-electron chi connectivity index (χ0n) is 52.5. The predicted molar refractivity (Wildman–Crippen MR) is 364 cm³/mol. The number of nitrogens with zero attached hydrogens (tertiary/aromatic N) is 14. The molecule has 52 nitrogen and oxygen atoms in total. The number of thiol groups is 1. The van der Waals surface area contributed by atoms with E-state index in [1.807, 2.05) is 0 Å². The van der Waals surface area contributed by atoms with Crippen molar-refractivity contribution >= 4 is 175 Å². The molecule has 5 aliphatic rings. The maximum absolute atomic E-state index is 16.0. The van der Waals surface area contributed by atoms with Crippen molar-refractivity contribution in [3.05, 3.63) is 58.7 Å². The van der Waals surface area contributed by atoms with Crippen LogP contribution in [0.2, 0.25) is 0 Å².